The van der Waals surface area contributed by atoms with Gasteiger partial charge in [0.25, 0.3) is 0 Å². The Balaban J connectivity index is 1.49. The van der Waals surface area contributed by atoms with Crippen molar-refractivity contribution >= 4 is 0 Å². The second-order valence-electron chi connectivity index (χ2n) is 6.79. The third kappa shape index (κ3) is 3.67. The Hall–Kier alpha value is -0.980. The van der Waals surface area contributed by atoms with Crippen molar-refractivity contribution in [1.82, 2.24) is 19.9 Å². The molecule has 2 atom stereocenters. The number of aromatic nitrogens is 2. The van der Waals surface area contributed by atoms with E-state index in [-0.39, 0.29) is 6.04 Å². The second kappa shape index (κ2) is 7.06. The van der Waals surface area contributed by atoms with Crippen LogP contribution >= 0.6 is 0 Å². The zero-order valence-electron chi connectivity index (χ0n) is 14.0. The molecule has 22 heavy (non-hydrogen) atoms. The van der Waals surface area contributed by atoms with E-state index in [0.717, 1.165) is 51.0 Å². The van der Waals surface area contributed by atoms with Gasteiger partial charge in [-0.05, 0) is 19.8 Å². The zero-order valence-corrected chi connectivity index (χ0v) is 14.0. The molecule has 0 radical (unpaired) electrons. The molecule has 0 N–H and O–H groups in total. The van der Waals surface area contributed by atoms with Gasteiger partial charge in [0.1, 0.15) is 0 Å². The first-order valence-electron chi connectivity index (χ1n) is 8.55. The van der Waals surface area contributed by atoms with E-state index in [1.807, 2.05) is 0 Å². The smallest absolute Gasteiger partial charge is 0.243 e. The summed E-state index contributed by atoms with van der Waals surface area (Å²) >= 11 is 0. The molecule has 124 valence electrons. The van der Waals surface area contributed by atoms with E-state index < -0.39 is 0 Å². The lowest BCUT2D eigenvalue weighted by molar-refractivity contribution is 0.0379. The van der Waals surface area contributed by atoms with Crippen LogP contribution in [0.2, 0.25) is 0 Å². The molecule has 0 unspecified atom stereocenters. The second-order valence-corrected chi connectivity index (χ2v) is 6.79. The minimum absolute atomic E-state index is 0.199. The van der Waals surface area contributed by atoms with Gasteiger partial charge in [-0.2, -0.15) is 4.98 Å². The van der Waals surface area contributed by atoms with Crippen LogP contribution in [-0.2, 0) is 4.74 Å². The predicted molar refractivity (Wildman–Crippen MR) is 83.8 cm³/mol. The molecule has 0 spiro atoms. The van der Waals surface area contributed by atoms with Crippen molar-refractivity contribution in [1.29, 1.82) is 0 Å². The van der Waals surface area contributed by atoms with Crippen LogP contribution < -0.4 is 0 Å². The highest BCUT2D eigenvalue weighted by Crippen LogP contribution is 2.22. The lowest BCUT2D eigenvalue weighted by atomic mass is 10.2. The topological polar surface area (TPSA) is 54.6 Å². The molecule has 2 fully saturated rings. The first kappa shape index (κ1) is 15.9. The summed E-state index contributed by atoms with van der Waals surface area (Å²) in [6.45, 7) is 12.6. The van der Waals surface area contributed by atoms with Gasteiger partial charge in [0, 0.05) is 45.2 Å². The van der Waals surface area contributed by atoms with E-state index in [2.05, 4.69) is 40.7 Å². The highest BCUT2D eigenvalue weighted by molar-refractivity contribution is 4.96. The van der Waals surface area contributed by atoms with Crippen molar-refractivity contribution in [2.75, 3.05) is 39.3 Å². The average molecular weight is 308 g/mol. The Morgan fingerprint density at radius 1 is 1.18 bits per heavy atom. The number of nitrogens with zero attached hydrogens (tertiary/aromatic N) is 4. The third-order valence-electron chi connectivity index (χ3n) is 4.77. The van der Waals surface area contributed by atoms with Crippen LogP contribution in [0.4, 0.5) is 0 Å². The summed E-state index contributed by atoms with van der Waals surface area (Å²) < 4.78 is 11.2. The van der Waals surface area contributed by atoms with Gasteiger partial charge in [0.15, 0.2) is 5.82 Å². The average Bonchev–Trinajstić information content (AvgIpc) is 3.18. The van der Waals surface area contributed by atoms with E-state index in [0.29, 0.717) is 12.0 Å². The molecule has 1 aromatic rings. The maximum absolute atomic E-state index is 5.74. The maximum Gasteiger partial charge on any atom is 0.243 e. The molecule has 6 heteroatoms. The monoisotopic (exact) mass is 308 g/mol. The van der Waals surface area contributed by atoms with E-state index in [1.165, 1.54) is 12.8 Å². The van der Waals surface area contributed by atoms with Crippen molar-refractivity contribution in [3.63, 3.8) is 0 Å². The van der Waals surface area contributed by atoms with Crippen LogP contribution in [0, 0.1) is 0 Å². The first-order chi connectivity index (χ1) is 10.6. The summed E-state index contributed by atoms with van der Waals surface area (Å²) in [5, 5.41) is 4.08. The van der Waals surface area contributed by atoms with E-state index in [4.69, 9.17) is 9.26 Å². The highest BCUT2D eigenvalue weighted by atomic mass is 16.5. The van der Waals surface area contributed by atoms with Crippen LogP contribution in [0.25, 0.3) is 0 Å². The molecule has 2 saturated heterocycles. The Morgan fingerprint density at radius 2 is 1.95 bits per heavy atom. The Labute approximate surface area is 132 Å². The summed E-state index contributed by atoms with van der Waals surface area (Å²) in [6.07, 6.45) is 2.89. The van der Waals surface area contributed by atoms with Gasteiger partial charge >= 0.3 is 0 Å². The summed E-state index contributed by atoms with van der Waals surface area (Å²) in [6, 6.07) is 0.199. The van der Waals surface area contributed by atoms with Crippen LogP contribution in [0.3, 0.4) is 0 Å². The quantitative estimate of drug-likeness (QED) is 0.830. The van der Waals surface area contributed by atoms with Crippen molar-refractivity contribution in [2.45, 2.75) is 51.7 Å². The predicted octanol–water partition coefficient (Wildman–Crippen LogP) is 2.05. The summed E-state index contributed by atoms with van der Waals surface area (Å²) in [5.74, 6) is 1.86. The van der Waals surface area contributed by atoms with Gasteiger partial charge < -0.3 is 9.26 Å². The normalized spacial score (nSPS) is 25.9. The number of hydrogen-bond donors (Lipinski definition) is 0. The standard InChI is InChI=1S/C16H28N4O2/c1-12(2)15-17-16(22-18-15)13(3)20-8-6-19(7-9-20)11-14-5-4-10-21-14/h12-14H,4-11H2,1-3H3/t13-,14+/m1/s1. The fourth-order valence-corrected chi connectivity index (χ4v) is 3.22. The van der Waals surface area contributed by atoms with Crippen LogP contribution in [0.5, 0.6) is 0 Å². The SMILES string of the molecule is CC(C)c1noc([C@@H](C)N2CCN(C[C@@H]3CCCO3)CC2)n1. The fraction of sp³-hybridized carbons (Fsp3) is 0.875. The molecule has 3 rings (SSSR count). The lowest BCUT2D eigenvalue weighted by Crippen LogP contribution is -2.49. The molecule has 3 heterocycles. The molecule has 2 aliphatic rings. The maximum atomic E-state index is 5.74. The molecule has 0 bridgehead atoms. The van der Waals surface area contributed by atoms with Gasteiger partial charge in [-0.15, -0.1) is 0 Å². The molecule has 0 aromatic carbocycles. The molecule has 0 aliphatic carbocycles. The first-order valence-corrected chi connectivity index (χ1v) is 8.55. The Bertz CT molecular complexity index is 462. The summed E-state index contributed by atoms with van der Waals surface area (Å²) in [4.78, 5) is 9.49. The van der Waals surface area contributed by atoms with Gasteiger partial charge in [-0.25, -0.2) is 0 Å². The minimum atomic E-state index is 0.199. The van der Waals surface area contributed by atoms with Gasteiger partial charge in [0.2, 0.25) is 5.89 Å². The summed E-state index contributed by atoms with van der Waals surface area (Å²) in [5.41, 5.74) is 0. The van der Waals surface area contributed by atoms with Crippen LogP contribution in [0.1, 0.15) is 57.3 Å². The molecule has 6 nitrogen and oxygen atoms in total. The van der Waals surface area contributed by atoms with Crippen molar-refractivity contribution in [3.8, 4) is 0 Å². The fourth-order valence-electron chi connectivity index (χ4n) is 3.22. The van der Waals surface area contributed by atoms with Gasteiger partial charge in [-0.1, -0.05) is 19.0 Å². The minimum Gasteiger partial charge on any atom is -0.377 e. The van der Waals surface area contributed by atoms with Crippen molar-refractivity contribution in [2.24, 2.45) is 0 Å². The van der Waals surface area contributed by atoms with Crippen molar-refractivity contribution < 1.29 is 9.26 Å². The summed E-state index contributed by atoms with van der Waals surface area (Å²) in [7, 11) is 0. The Morgan fingerprint density at radius 3 is 2.55 bits per heavy atom. The number of hydrogen-bond acceptors (Lipinski definition) is 6. The van der Waals surface area contributed by atoms with Gasteiger partial charge in [-0.3, -0.25) is 9.80 Å². The number of rotatable bonds is 5. The third-order valence-corrected chi connectivity index (χ3v) is 4.77. The highest BCUT2D eigenvalue weighted by Gasteiger charge is 2.27. The Kier molecular flexibility index (Phi) is 5.10. The van der Waals surface area contributed by atoms with Crippen LogP contribution in [0.15, 0.2) is 4.52 Å². The molecule has 0 amide bonds. The zero-order chi connectivity index (χ0) is 15.5. The molecular formula is C16H28N4O2. The molecule has 0 saturated carbocycles. The van der Waals surface area contributed by atoms with Gasteiger partial charge in [0.05, 0.1) is 12.1 Å². The largest absolute Gasteiger partial charge is 0.377 e. The van der Waals surface area contributed by atoms with E-state index in [9.17, 15) is 0 Å². The molecule has 1 aromatic heterocycles. The number of piperazine rings is 1. The van der Waals surface area contributed by atoms with E-state index in [1.54, 1.807) is 0 Å². The van der Waals surface area contributed by atoms with Crippen molar-refractivity contribution in [3.05, 3.63) is 11.7 Å². The lowest BCUT2D eigenvalue weighted by Gasteiger charge is -2.37. The van der Waals surface area contributed by atoms with Crippen LogP contribution in [-0.4, -0.2) is 65.4 Å². The molecular weight excluding hydrogens is 280 g/mol. The van der Waals surface area contributed by atoms with E-state index >= 15 is 0 Å². The molecule has 2 aliphatic heterocycles. The number of ether oxygens (including phenoxy) is 1.